The van der Waals surface area contributed by atoms with E-state index in [9.17, 15) is 24.9 Å². The Labute approximate surface area is 225 Å². The van der Waals surface area contributed by atoms with Crippen LogP contribution in [0.3, 0.4) is 0 Å². The highest BCUT2D eigenvalue weighted by Gasteiger charge is 2.32. The second kappa shape index (κ2) is 10.7. The molecule has 5 rings (SSSR count). The zero-order chi connectivity index (χ0) is 27.7. The van der Waals surface area contributed by atoms with Crippen LogP contribution in [0.1, 0.15) is 23.5 Å². The van der Waals surface area contributed by atoms with E-state index in [-0.39, 0.29) is 34.6 Å². The van der Waals surface area contributed by atoms with Crippen LogP contribution in [0.25, 0.3) is 22.3 Å². The summed E-state index contributed by atoms with van der Waals surface area (Å²) in [5, 5.41) is 32.3. The molecule has 3 N–H and O–H groups in total. The molecule has 1 atom stereocenters. The predicted molar refractivity (Wildman–Crippen MR) is 146 cm³/mol. The summed E-state index contributed by atoms with van der Waals surface area (Å²) in [5.74, 6) is -2.54. The van der Waals surface area contributed by atoms with Crippen molar-refractivity contribution < 1.29 is 29.3 Å². The first-order chi connectivity index (χ1) is 18.8. The molecule has 9 nitrogen and oxygen atoms in total. The van der Waals surface area contributed by atoms with E-state index in [0.29, 0.717) is 30.0 Å². The second-order valence-electron chi connectivity index (χ2n) is 9.72. The van der Waals surface area contributed by atoms with E-state index < -0.39 is 28.6 Å². The molecule has 2 heterocycles. The Morgan fingerprint density at radius 2 is 1.67 bits per heavy atom. The molecule has 1 amide bonds. The van der Waals surface area contributed by atoms with E-state index in [1.165, 1.54) is 13.2 Å². The van der Waals surface area contributed by atoms with Crippen molar-refractivity contribution in [2.45, 2.75) is 12.3 Å². The Morgan fingerprint density at radius 3 is 2.36 bits per heavy atom. The van der Waals surface area contributed by atoms with Crippen molar-refractivity contribution in [1.29, 1.82) is 0 Å². The maximum absolute atomic E-state index is 13.6. The second-order valence-corrected chi connectivity index (χ2v) is 9.72. The fourth-order valence-electron chi connectivity index (χ4n) is 5.05. The fourth-order valence-corrected chi connectivity index (χ4v) is 5.05. The van der Waals surface area contributed by atoms with Crippen LogP contribution in [0.2, 0.25) is 0 Å². The first-order valence-electron chi connectivity index (χ1n) is 12.7. The third-order valence-electron chi connectivity index (χ3n) is 7.27. The monoisotopic (exact) mass is 530 g/mol. The summed E-state index contributed by atoms with van der Waals surface area (Å²) in [6.07, 6.45) is -0.0803. The number of carbonyl (C=O) groups is 1. The van der Waals surface area contributed by atoms with Gasteiger partial charge in [0.05, 0.1) is 7.11 Å². The summed E-state index contributed by atoms with van der Waals surface area (Å²) in [7, 11) is 3.52. The zero-order valence-electron chi connectivity index (χ0n) is 21.8. The van der Waals surface area contributed by atoms with E-state index in [4.69, 9.17) is 9.15 Å². The Kier molecular flexibility index (Phi) is 7.17. The number of aromatic hydroxyl groups is 3. The topological polar surface area (TPSA) is 124 Å². The number of rotatable bonds is 6. The highest BCUT2D eigenvalue weighted by atomic mass is 16.5. The summed E-state index contributed by atoms with van der Waals surface area (Å²) < 4.78 is 11.6. The lowest BCUT2D eigenvalue weighted by Gasteiger charge is -2.33. The van der Waals surface area contributed by atoms with E-state index in [2.05, 4.69) is 4.90 Å². The van der Waals surface area contributed by atoms with Gasteiger partial charge in [0.25, 0.3) is 0 Å². The van der Waals surface area contributed by atoms with Crippen LogP contribution in [-0.2, 0) is 4.79 Å². The number of fused-ring (bicyclic) bond motifs is 1. The summed E-state index contributed by atoms with van der Waals surface area (Å²) in [6, 6.07) is 17.2. The number of carbonyl (C=O) groups excluding carboxylic acids is 1. The standard InChI is InChI=1S/C30H30N2O7/c1-31-11-13-32(14-12-31)24(34)16-21(19-9-6-10-20(15-19)38-2)25-27(35)29(37)28(36)26-22(33)17-23(39-30(25)26)18-7-4-3-5-8-18/h3-10,15,17,21,35-37H,11-14,16H2,1-2H3. The van der Waals surface area contributed by atoms with E-state index in [0.717, 1.165) is 13.1 Å². The molecule has 0 aliphatic carbocycles. The van der Waals surface area contributed by atoms with Crippen molar-refractivity contribution in [3.05, 3.63) is 82.0 Å². The van der Waals surface area contributed by atoms with Gasteiger partial charge in [0.1, 0.15) is 22.5 Å². The van der Waals surface area contributed by atoms with Crippen LogP contribution < -0.4 is 10.2 Å². The zero-order valence-corrected chi connectivity index (χ0v) is 21.8. The van der Waals surface area contributed by atoms with Gasteiger partial charge in [-0.2, -0.15) is 0 Å². The number of amides is 1. The highest BCUT2D eigenvalue weighted by Crippen LogP contribution is 2.49. The smallest absolute Gasteiger partial charge is 0.223 e. The van der Waals surface area contributed by atoms with Crippen molar-refractivity contribution in [1.82, 2.24) is 9.80 Å². The van der Waals surface area contributed by atoms with Crippen LogP contribution in [0.4, 0.5) is 0 Å². The molecule has 1 saturated heterocycles. The minimum absolute atomic E-state index is 0.0333. The number of likely N-dealkylation sites (N-methyl/N-ethyl adjacent to an activating group) is 1. The van der Waals surface area contributed by atoms with E-state index in [1.54, 1.807) is 53.4 Å². The molecule has 1 unspecified atom stereocenters. The summed E-state index contributed by atoms with van der Waals surface area (Å²) in [6.45, 7) is 2.58. The maximum Gasteiger partial charge on any atom is 0.223 e. The first-order valence-corrected chi connectivity index (χ1v) is 12.7. The molecule has 0 radical (unpaired) electrons. The number of hydrogen-bond donors (Lipinski definition) is 3. The Bertz CT molecular complexity index is 1570. The quantitative estimate of drug-likeness (QED) is 0.321. The number of methoxy groups -OCH3 is 1. The van der Waals surface area contributed by atoms with Gasteiger partial charge in [0, 0.05) is 55.7 Å². The van der Waals surface area contributed by atoms with Crippen LogP contribution in [0, 0.1) is 0 Å². The lowest BCUT2D eigenvalue weighted by Crippen LogP contribution is -2.47. The molecule has 39 heavy (non-hydrogen) atoms. The third-order valence-corrected chi connectivity index (χ3v) is 7.27. The van der Waals surface area contributed by atoms with Gasteiger partial charge in [-0.25, -0.2) is 0 Å². The molecule has 0 spiro atoms. The number of phenols is 3. The highest BCUT2D eigenvalue weighted by molar-refractivity contribution is 5.94. The van der Waals surface area contributed by atoms with Gasteiger partial charge in [-0.3, -0.25) is 9.59 Å². The molecule has 4 aromatic rings. The summed E-state index contributed by atoms with van der Waals surface area (Å²) >= 11 is 0. The van der Waals surface area contributed by atoms with Gasteiger partial charge in [-0.15, -0.1) is 0 Å². The van der Waals surface area contributed by atoms with Crippen molar-refractivity contribution >= 4 is 16.9 Å². The molecule has 3 aromatic carbocycles. The summed E-state index contributed by atoms with van der Waals surface area (Å²) in [5.41, 5.74) is 0.547. The Morgan fingerprint density at radius 1 is 0.949 bits per heavy atom. The van der Waals surface area contributed by atoms with Gasteiger partial charge < -0.3 is 34.3 Å². The SMILES string of the molecule is COc1cccc(C(CC(=O)N2CCN(C)CC2)c2c(O)c(O)c(O)c3c(=O)cc(-c4ccccc4)oc23)c1. The lowest BCUT2D eigenvalue weighted by molar-refractivity contribution is -0.133. The van der Waals surface area contributed by atoms with Gasteiger partial charge in [0.15, 0.2) is 16.9 Å². The van der Waals surface area contributed by atoms with Crippen LogP contribution in [0.5, 0.6) is 23.0 Å². The molecule has 1 aliphatic rings. The Balaban J connectivity index is 1.74. The number of phenolic OH excluding ortho intramolecular Hbond substituents is 3. The van der Waals surface area contributed by atoms with Gasteiger partial charge in [-0.1, -0.05) is 42.5 Å². The molecule has 1 aliphatic heterocycles. The molecule has 1 aromatic heterocycles. The molecule has 0 saturated carbocycles. The molecule has 9 heteroatoms. The summed E-state index contributed by atoms with van der Waals surface area (Å²) in [4.78, 5) is 30.7. The Hall–Kier alpha value is -4.50. The molecular weight excluding hydrogens is 500 g/mol. The van der Waals surface area contributed by atoms with Crippen LogP contribution in [0.15, 0.2) is 69.9 Å². The molecular formula is C30H30N2O7. The lowest BCUT2D eigenvalue weighted by atomic mass is 9.85. The predicted octanol–water partition coefficient (Wildman–Crippen LogP) is 3.88. The van der Waals surface area contributed by atoms with Crippen LogP contribution >= 0.6 is 0 Å². The number of hydrogen-bond acceptors (Lipinski definition) is 8. The molecule has 202 valence electrons. The van der Waals surface area contributed by atoms with Gasteiger partial charge >= 0.3 is 0 Å². The molecule has 1 fully saturated rings. The van der Waals surface area contributed by atoms with Crippen molar-refractivity contribution in [2.75, 3.05) is 40.3 Å². The number of ether oxygens (including phenoxy) is 1. The van der Waals surface area contributed by atoms with E-state index in [1.807, 2.05) is 13.1 Å². The van der Waals surface area contributed by atoms with Crippen molar-refractivity contribution in [2.24, 2.45) is 0 Å². The third kappa shape index (κ3) is 5.00. The molecule has 0 bridgehead atoms. The average Bonchev–Trinajstić information content (AvgIpc) is 2.96. The number of benzene rings is 3. The van der Waals surface area contributed by atoms with Gasteiger partial charge in [-0.05, 0) is 24.7 Å². The fraction of sp³-hybridized carbons (Fsp3) is 0.267. The van der Waals surface area contributed by atoms with Crippen LogP contribution in [-0.4, -0.2) is 71.4 Å². The average molecular weight is 531 g/mol. The van der Waals surface area contributed by atoms with Crippen molar-refractivity contribution in [3.63, 3.8) is 0 Å². The van der Waals surface area contributed by atoms with E-state index >= 15 is 0 Å². The largest absolute Gasteiger partial charge is 0.504 e. The maximum atomic E-state index is 13.6. The number of piperazine rings is 1. The van der Waals surface area contributed by atoms with Crippen molar-refractivity contribution in [3.8, 4) is 34.3 Å². The first kappa shape index (κ1) is 26.1. The van der Waals surface area contributed by atoms with Gasteiger partial charge in [0.2, 0.25) is 11.7 Å². The normalized spacial score (nSPS) is 14.9. The minimum Gasteiger partial charge on any atom is -0.504 e. The minimum atomic E-state index is -0.850. The number of nitrogens with zero attached hydrogens (tertiary/aromatic N) is 2.